The Balaban J connectivity index is 1.72. The minimum Gasteiger partial charge on any atom is -0.422 e. The number of benzene rings is 2. The van der Waals surface area contributed by atoms with Crippen molar-refractivity contribution in [2.24, 2.45) is 0 Å². The minimum atomic E-state index is -0.512. The molecule has 0 aliphatic rings. The fourth-order valence-electron chi connectivity index (χ4n) is 2.43. The summed E-state index contributed by atoms with van der Waals surface area (Å²) in [7, 11) is 0. The molecule has 4 nitrogen and oxygen atoms in total. The van der Waals surface area contributed by atoms with Crippen molar-refractivity contribution in [1.29, 1.82) is 0 Å². The largest absolute Gasteiger partial charge is 0.422 e. The summed E-state index contributed by atoms with van der Waals surface area (Å²) >= 11 is 1.41. The summed E-state index contributed by atoms with van der Waals surface area (Å²) in [6, 6.07) is 14.7. The van der Waals surface area contributed by atoms with E-state index in [1.54, 1.807) is 29.6 Å². The fraction of sp³-hybridized carbons (Fsp3) is 0.190. The standard InChI is InChI=1S/C21H19NO3S/c1-13(2)15-4-6-17(7-5-15)20-22-19(12-26-20)21(24)25-18-10-8-16(9-11-18)14(3)23/h4-13H,1-3H3. The van der Waals surface area contributed by atoms with E-state index in [4.69, 9.17) is 4.74 Å². The summed E-state index contributed by atoms with van der Waals surface area (Å²) in [6.45, 7) is 5.79. The molecule has 26 heavy (non-hydrogen) atoms. The van der Waals surface area contributed by atoms with Crippen LogP contribution in [0.25, 0.3) is 10.6 Å². The highest BCUT2D eigenvalue weighted by Gasteiger charge is 2.14. The molecular formula is C21H19NO3S. The lowest BCUT2D eigenvalue weighted by Crippen LogP contribution is -2.09. The Bertz CT molecular complexity index is 925. The van der Waals surface area contributed by atoms with Crippen LogP contribution in [-0.4, -0.2) is 16.7 Å². The molecule has 2 aromatic carbocycles. The molecule has 0 unspecified atom stereocenters. The van der Waals surface area contributed by atoms with Crippen molar-refractivity contribution < 1.29 is 14.3 Å². The first-order valence-electron chi connectivity index (χ1n) is 8.33. The molecule has 3 aromatic rings. The van der Waals surface area contributed by atoms with Crippen molar-refractivity contribution in [3.05, 3.63) is 70.7 Å². The van der Waals surface area contributed by atoms with Gasteiger partial charge in [-0.1, -0.05) is 38.1 Å². The maximum Gasteiger partial charge on any atom is 0.363 e. The Labute approximate surface area is 156 Å². The van der Waals surface area contributed by atoms with Gasteiger partial charge in [-0.3, -0.25) is 4.79 Å². The molecule has 0 atom stereocenters. The lowest BCUT2D eigenvalue weighted by Gasteiger charge is -2.05. The Hall–Kier alpha value is -2.79. The molecule has 132 valence electrons. The van der Waals surface area contributed by atoms with Crippen molar-refractivity contribution in [1.82, 2.24) is 4.98 Å². The van der Waals surface area contributed by atoms with Gasteiger partial charge in [0.1, 0.15) is 10.8 Å². The third-order valence-electron chi connectivity index (χ3n) is 4.01. The van der Waals surface area contributed by atoms with Crippen LogP contribution in [0.5, 0.6) is 5.75 Å². The van der Waals surface area contributed by atoms with E-state index in [9.17, 15) is 9.59 Å². The van der Waals surface area contributed by atoms with Crippen molar-refractivity contribution in [3.8, 4) is 16.3 Å². The fourth-order valence-corrected chi connectivity index (χ4v) is 3.22. The second-order valence-electron chi connectivity index (χ2n) is 6.28. The Morgan fingerprint density at radius 3 is 2.23 bits per heavy atom. The van der Waals surface area contributed by atoms with E-state index in [2.05, 4.69) is 31.0 Å². The van der Waals surface area contributed by atoms with Gasteiger partial charge in [0.05, 0.1) is 0 Å². The topological polar surface area (TPSA) is 56.3 Å². The van der Waals surface area contributed by atoms with E-state index in [1.807, 2.05) is 12.1 Å². The van der Waals surface area contributed by atoms with Crippen LogP contribution < -0.4 is 4.74 Å². The van der Waals surface area contributed by atoms with Crippen LogP contribution in [0.3, 0.4) is 0 Å². The zero-order valence-corrected chi connectivity index (χ0v) is 15.7. The molecule has 0 amide bonds. The predicted octanol–water partition coefficient (Wildman–Crippen LogP) is 5.36. The molecule has 0 fully saturated rings. The first-order valence-corrected chi connectivity index (χ1v) is 9.21. The first-order chi connectivity index (χ1) is 12.4. The number of ketones is 1. The van der Waals surface area contributed by atoms with Gasteiger partial charge in [0.2, 0.25) is 0 Å². The molecule has 1 heterocycles. The highest BCUT2D eigenvalue weighted by atomic mass is 32.1. The summed E-state index contributed by atoms with van der Waals surface area (Å²) in [5, 5.41) is 2.47. The van der Waals surface area contributed by atoms with Gasteiger partial charge in [-0.2, -0.15) is 0 Å². The third kappa shape index (κ3) is 4.06. The smallest absolute Gasteiger partial charge is 0.363 e. The summed E-state index contributed by atoms with van der Waals surface area (Å²) in [5.41, 5.74) is 3.09. The van der Waals surface area contributed by atoms with E-state index in [0.717, 1.165) is 10.6 Å². The number of aromatic nitrogens is 1. The average molecular weight is 365 g/mol. The molecule has 1 aromatic heterocycles. The molecule has 0 radical (unpaired) electrons. The average Bonchev–Trinajstić information content (AvgIpc) is 3.12. The van der Waals surface area contributed by atoms with Gasteiger partial charge in [0.25, 0.3) is 0 Å². The van der Waals surface area contributed by atoms with Crippen LogP contribution in [0.2, 0.25) is 0 Å². The Morgan fingerprint density at radius 1 is 1.00 bits per heavy atom. The number of hydrogen-bond donors (Lipinski definition) is 0. The second kappa shape index (κ2) is 7.62. The molecule has 0 spiro atoms. The first kappa shape index (κ1) is 18.0. The van der Waals surface area contributed by atoms with Crippen LogP contribution in [0.4, 0.5) is 0 Å². The SMILES string of the molecule is CC(=O)c1ccc(OC(=O)c2csc(-c3ccc(C(C)C)cc3)n2)cc1. The van der Waals surface area contributed by atoms with Crippen LogP contribution >= 0.6 is 11.3 Å². The lowest BCUT2D eigenvalue weighted by atomic mass is 10.0. The number of esters is 1. The molecular weight excluding hydrogens is 346 g/mol. The predicted molar refractivity (Wildman–Crippen MR) is 103 cm³/mol. The quantitative estimate of drug-likeness (QED) is 0.347. The monoisotopic (exact) mass is 365 g/mol. The van der Waals surface area contributed by atoms with Gasteiger partial charge >= 0.3 is 5.97 Å². The highest BCUT2D eigenvalue weighted by molar-refractivity contribution is 7.13. The zero-order valence-electron chi connectivity index (χ0n) is 14.9. The van der Waals surface area contributed by atoms with Crippen molar-refractivity contribution in [2.75, 3.05) is 0 Å². The van der Waals surface area contributed by atoms with Crippen LogP contribution in [0.1, 0.15) is 53.1 Å². The van der Waals surface area contributed by atoms with E-state index < -0.39 is 5.97 Å². The van der Waals surface area contributed by atoms with Gasteiger partial charge < -0.3 is 4.74 Å². The molecule has 0 aliphatic carbocycles. The summed E-state index contributed by atoms with van der Waals surface area (Å²) in [5.74, 6) is 0.313. The molecule has 0 saturated heterocycles. The van der Waals surface area contributed by atoms with Gasteiger partial charge in [-0.05, 0) is 42.7 Å². The van der Waals surface area contributed by atoms with Gasteiger partial charge in [-0.25, -0.2) is 9.78 Å². The second-order valence-corrected chi connectivity index (χ2v) is 7.14. The van der Waals surface area contributed by atoms with E-state index in [-0.39, 0.29) is 11.5 Å². The number of carbonyl (C=O) groups excluding carboxylic acids is 2. The van der Waals surface area contributed by atoms with Gasteiger partial charge in [0.15, 0.2) is 11.5 Å². The number of hydrogen-bond acceptors (Lipinski definition) is 5. The summed E-state index contributed by atoms with van der Waals surface area (Å²) in [4.78, 5) is 27.9. The van der Waals surface area contributed by atoms with E-state index in [1.165, 1.54) is 23.8 Å². The number of Topliss-reactive ketones (excluding diaryl/α,β-unsaturated/α-hetero) is 1. The summed E-state index contributed by atoms with van der Waals surface area (Å²) < 4.78 is 5.33. The number of nitrogens with zero attached hydrogens (tertiary/aromatic N) is 1. The maximum absolute atomic E-state index is 12.3. The maximum atomic E-state index is 12.3. The normalized spacial score (nSPS) is 10.8. The highest BCUT2D eigenvalue weighted by Crippen LogP contribution is 2.26. The number of carbonyl (C=O) groups is 2. The Morgan fingerprint density at radius 2 is 1.65 bits per heavy atom. The third-order valence-corrected chi connectivity index (χ3v) is 4.90. The van der Waals surface area contributed by atoms with Gasteiger partial charge in [0, 0.05) is 16.5 Å². The number of rotatable bonds is 5. The van der Waals surface area contributed by atoms with Crippen molar-refractivity contribution >= 4 is 23.1 Å². The van der Waals surface area contributed by atoms with E-state index in [0.29, 0.717) is 17.2 Å². The van der Waals surface area contributed by atoms with Gasteiger partial charge in [-0.15, -0.1) is 11.3 Å². The van der Waals surface area contributed by atoms with Crippen LogP contribution in [0.15, 0.2) is 53.9 Å². The lowest BCUT2D eigenvalue weighted by molar-refractivity contribution is 0.0729. The summed E-state index contributed by atoms with van der Waals surface area (Å²) in [6.07, 6.45) is 0. The Kier molecular flexibility index (Phi) is 5.28. The minimum absolute atomic E-state index is 0.0319. The molecule has 3 rings (SSSR count). The molecule has 0 N–H and O–H groups in total. The van der Waals surface area contributed by atoms with Crippen molar-refractivity contribution in [2.45, 2.75) is 26.7 Å². The molecule has 0 bridgehead atoms. The van der Waals surface area contributed by atoms with Crippen molar-refractivity contribution in [3.63, 3.8) is 0 Å². The number of ether oxygens (including phenoxy) is 1. The van der Waals surface area contributed by atoms with Crippen LogP contribution in [0, 0.1) is 0 Å². The molecule has 5 heteroatoms. The molecule has 0 aliphatic heterocycles. The number of thiazole rings is 1. The van der Waals surface area contributed by atoms with Crippen LogP contribution in [-0.2, 0) is 0 Å². The van der Waals surface area contributed by atoms with E-state index >= 15 is 0 Å². The molecule has 0 saturated carbocycles. The zero-order chi connectivity index (χ0) is 18.7.